The number of hydrogen-bond donors (Lipinski definition) is 2. The maximum absolute atomic E-state index is 7.93. The Kier molecular flexibility index (Phi) is 5.64. The Bertz CT molecular complexity index is 52.5. The van der Waals surface area contributed by atoms with E-state index in [2.05, 4.69) is 4.84 Å². The fourth-order valence-corrected chi connectivity index (χ4v) is 0.137. The molecule has 4 heteroatoms. The monoisotopic (exact) mass is 141 g/mol. The number of halogens is 1. The van der Waals surface area contributed by atoms with Crippen molar-refractivity contribution in [3.05, 3.63) is 0 Å². The van der Waals surface area contributed by atoms with Gasteiger partial charge in [0.2, 0.25) is 0 Å². The van der Waals surface area contributed by atoms with E-state index in [-0.39, 0.29) is 18.0 Å². The third-order valence-electron chi connectivity index (χ3n) is 0.352. The van der Waals surface area contributed by atoms with E-state index in [1.807, 2.05) is 20.8 Å². The van der Waals surface area contributed by atoms with Crippen molar-refractivity contribution < 1.29 is 10.0 Å². The molecular formula is C4H12ClNO2. The van der Waals surface area contributed by atoms with Gasteiger partial charge in [0.1, 0.15) is 0 Å². The summed E-state index contributed by atoms with van der Waals surface area (Å²) in [5.74, 6) is 0. The first-order valence-electron chi connectivity index (χ1n) is 2.13. The SMILES string of the molecule is CC(C)(C)ONO.Cl. The minimum absolute atomic E-state index is 0. The topological polar surface area (TPSA) is 41.5 Å². The lowest BCUT2D eigenvalue weighted by Gasteiger charge is -2.15. The number of nitrogens with one attached hydrogen (secondary N) is 1. The van der Waals surface area contributed by atoms with Crippen LogP contribution in [0.15, 0.2) is 0 Å². The zero-order valence-corrected chi connectivity index (χ0v) is 6.08. The molecule has 52 valence electrons. The Morgan fingerprint density at radius 3 is 1.75 bits per heavy atom. The van der Waals surface area contributed by atoms with Crippen LogP contribution in [0, 0.1) is 0 Å². The van der Waals surface area contributed by atoms with E-state index in [0.717, 1.165) is 0 Å². The Labute approximate surface area is 55.4 Å². The highest BCUT2D eigenvalue weighted by Gasteiger charge is 2.08. The molecule has 0 aliphatic heterocycles. The first-order chi connectivity index (χ1) is 3.06. The van der Waals surface area contributed by atoms with Crippen molar-refractivity contribution >= 4 is 12.4 Å². The highest BCUT2D eigenvalue weighted by molar-refractivity contribution is 5.85. The van der Waals surface area contributed by atoms with Crippen molar-refractivity contribution in [3.8, 4) is 0 Å². The van der Waals surface area contributed by atoms with Crippen LogP contribution in [0.1, 0.15) is 20.8 Å². The van der Waals surface area contributed by atoms with Crippen molar-refractivity contribution in [1.82, 2.24) is 5.64 Å². The molecule has 0 radical (unpaired) electrons. The summed E-state index contributed by atoms with van der Waals surface area (Å²) in [4.78, 5) is 4.53. The van der Waals surface area contributed by atoms with Gasteiger partial charge in [-0.1, -0.05) is 5.64 Å². The minimum Gasteiger partial charge on any atom is -0.292 e. The predicted octanol–water partition coefficient (Wildman–Crippen LogP) is 1.12. The van der Waals surface area contributed by atoms with E-state index >= 15 is 0 Å². The lowest BCUT2D eigenvalue weighted by molar-refractivity contribution is -0.191. The lowest BCUT2D eigenvalue weighted by Crippen LogP contribution is -2.26. The molecule has 0 unspecified atom stereocenters. The van der Waals surface area contributed by atoms with Crippen molar-refractivity contribution in [3.63, 3.8) is 0 Å². The molecular weight excluding hydrogens is 130 g/mol. The molecule has 0 atom stereocenters. The van der Waals surface area contributed by atoms with Gasteiger partial charge in [0, 0.05) is 0 Å². The molecule has 2 N–H and O–H groups in total. The molecule has 0 aromatic carbocycles. The van der Waals surface area contributed by atoms with Gasteiger partial charge in [-0.2, -0.15) is 0 Å². The largest absolute Gasteiger partial charge is 0.292 e. The Morgan fingerprint density at radius 1 is 1.38 bits per heavy atom. The highest BCUT2D eigenvalue weighted by atomic mass is 35.5. The first kappa shape index (κ1) is 11.0. The number of rotatable bonds is 1. The van der Waals surface area contributed by atoms with Crippen molar-refractivity contribution in [2.75, 3.05) is 0 Å². The van der Waals surface area contributed by atoms with Crippen LogP contribution in [-0.2, 0) is 4.84 Å². The molecule has 0 aliphatic carbocycles. The van der Waals surface area contributed by atoms with Gasteiger partial charge >= 0.3 is 0 Å². The molecule has 8 heavy (non-hydrogen) atoms. The van der Waals surface area contributed by atoms with Crippen LogP contribution in [0.4, 0.5) is 0 Å². The van der Waals surface area contributed by atoms with Crippen LogP contribution in [0.2, 0.25) is 0 Å². The van der Waals surface area contributed by atoms with Crippen LogP contribution >= 0.6 is 12.4 Å². The van der Waals surface area contributed by atoms with Gasteiger partial charge in [-0.3, -0.25) is 10.0 Å². The van der Waals surface area contributed by atoms with Crippen molar-refractivity contribution in [2.45, 2.75) is 26.4 Å². The Hall–Kier alpha value is 0.170. The second kappa shape index (κ2) is 4.09. The fraction of sp³-hybridized carbons (Fsp3) is 1.00. The van der Waals surface area contributed by atoms with Crippen molar-refractivity contribution in [2.24, 2.45) is 0 Å². The molecule has 0 aromatic rings. The average Bonchev–Trinajstić information content (AvgIpc) is 1.30. The van der Waals surface area contributed by atoms with E-state index < -0.39 is 0 Å². The van der Waals surface area contributed by atoms with Crippen LogP contribution in [0.5, 0.6) is 0 Å². The molecule has 0 bridgehead atoms. The van der Waals surface area contributed by atoms with Gasteiger partial charge in [0.25, 0.3) is 0 Å². The van der Waals surface area contributed by atoms with Crippen LogP contribution < -0.4 is 5.64 Å². The van der Waals surface area contributed by atoms with E-state index in [9.17, 15) is 0 Å². The van der Waals surface area contributed by atoms with E-state index in [0.29, 0.717) is 0 Å². The normalized spacial score (nSPS) is 10.5. The third-order valence-corrected chi connectivity index (χ3v) is 0.352. The summed E-state index contributed by atoms with van der Waals surface area (Å²) >= 11 is 0. The quantitative estimate of drug-likeness (QED) is 0.538. The molecule has 0 aliphatic rings. The summed E-state index contributed by atoms with van der Waals surface area (Å²) < 4.78 is 0. The smallest absolute Gasteiger partial charge is 0.0839 e. The van der Waals surface area contributed by atoms with Crippen LogP contribution in [0.25, 0.3) is 0 Å². The second-order valence-corrected chi connectivity index (χ2v) is 2.31. The minimum atomic E-state index is -0.311. The summed E-state index contributed by atoms with van der Waals surface area (Å²) in [5.41, 5.74) is 1.30. The molecule has 0 spiro atoms. The van der Waals surface area contributed by atoms with Crippen molar-refractivity contribution in [1.29, 1.82) is 0 Å². The second-order valence-electron chi connectivity index (χ2n) is 2.31. The Morgan fingerprint density at radius 2 is 1.75 bits per heavy atom. The maximum atomic E-state index is 7.93. The van der Waals surface area contributed by atoms with Gasteiger partial charge in [-0.05, 0) is 20.8 Å². The Balaban J connectivity index is 0. The van der Waals surface area contributed by atoms with Gasteiger partial charge in [-0.15, -0.1) is 12.4 Å². The lowest BCUT2D eigenvalue weighted by atomic mass is 10.2. The third kappa shape index (κ3) is 9.48. The zero-order chi connectivity index (χ0) is 5.91. The van der Waals surface area contributed by atoms with Gasteiger partial charge < -0.3 is 0 Å². The van der Waals surface area contributed by atoms with Crippen LogP contribution in [-0.4, -0.2) is 10.8 Å². The van der Waals surface area contributed by atoms with Gasteiger partial charge in [0.05, 0.1) is 5.60 Å². The molecule has 0 rings (SSSR count). The molecule has 0 heterocycles. The highest BCUT2D eigenvalue weighted by Crippen LogP contribution is 2.01. The van der Waals surface area contributed by atoms with E-state index in [1.165, 1.54) is 0 Å². The van der Waals surface area contributed by atoms with Gasteiger partial charge in [0.15, 0.2) is 0 Å². The number of hydrogen-bond acceptors (Lipinski definition) is 3. The average molecular weight is 142 g/mol. The fourth-order valence-electron chi connectivity index (χ4n) is 0.137. The molecule has 0 saturated heterocycles. The standard InChI is InChI=1S/C4H11NO2.ClH/c1-4(2,3)7-5-6;/h5-6H,1-3H3;1H. The van der Waals surface area contributed by atoms with Gasteiger partial charge in [-0.25, -0.2) is 0 Å². The zero-order valence-electron chi connectivity index (χ0n) is 5.26. The molecule has 0 aromatic heterocycles. The predicted molar refractivity (Wildman–Crippen MR) is 33.0 cm³/mol. The summed E-state index contributed by atoms with van der Waals surface area (Å²) in [6, 6.07) is 0. The van der Waals surface area contributed by atoms with Crippen LogP contribution in [0.3, 0.4) is 0 Å². The molecule has 3 nitrogen and oxygen atoms in total. The first-order valence-corrected chi connectivity index (χ1v) is 2.13. The molecule has 0 fully saturated rings. The summed E-state index contributed by atoms with van der Waals surface area (Å²) in [7, 11) is 0. The molecule has 0 saturated carbocycles. The summed E-state index contributed by atoms with van der Waals surface area (Å²) in [6.45, 7) is 5.49. The molecule has 0 amide bonds. The summed E-state index contributed by atoms with van der Waals surface area (Å²) in [6.07, 6.45) is 0. The van der Waals surface area contributed by atoms with E-state index in [1.54, 1.807) is 5.64 Å². The maximum Gasteiger partial charge on any atom is 0.0839 e. The summed E-state index contributed by atoms with van der Waals surface area (Å²) in [5, 5.41) is 7.93. The van der Waals surface area contributed by atoms with E-state index in [4.69, 9.17) is 5.21 Å².